The van der Waals surface area contributed by atoms with Crippen LogP contribution in [0.15, 0.2) is 12.4 Å². The van der Waals surface area contributed by atoms with E-state index in [-0.39, 0.29) is 0 Å². The van der Waals surface area contributed by atoms with Gasteiger partial charge < -0.3 is 0 Å². The second kappa shape index (κ2) is 4.25. The number of rotatable bonds is 3. The Labute approximate surface area is 99.1 Å². The minimum absolute atomic E-state index is 0.341. The quantitative estimate of drug-likeness (QED) is 0.821. The molecule has 0 aliphatic carbocycles. The van der Waals surface area contributed by atoms with Gasteiger partial charge in [-0.2, -0.15) is 10.2 Å². The molecule has 2 aromatic rings. The molecule has 0 radical (unpaired) electrons. The number of nitrogens with zero attached hydrogens (tertiary/aromatic N) is 5. The predicted molar refractivity (Wildman–Crippen MR) is 61.4 cm³/mol. The Morgan fingerprint density at radius 1 is 1.38 bits per heavy atom. The van der Waals surface area contributed by atoms with Crippen molar-refractivity contribution in [2.24, 2.45) is 7.05 Å². The maximum Gasteiger partial charge on any atom is 0.153 e. The van der Waals surface area contributed by atoms with Gasteiger partial charge in [-0.3, -0.25) is 4.68 Å². The van der Waals surface area contributed by atoms with E-state index in [9.17, 15) is 0 Å². The Morgan fingerprint density at radius 2 is 2.12 bits per heavy atom. The lowest BCUT2D eigenvalue weighted by Gasteiger charge is -1.97. The normalized spacial score (nSPS) is 11.3. The maximum atomic E-state index is 5.91. The Morgan fingerprint density at radius 3 is 2.62 bits per heavy atom. The summed E-state index contributed by atoms with van der Waals surface area (Å²) in [6.45, 7) is 4.73. The van der Waals surface area contributed by atoms with Crippen molar-refractivity contribution in [2.45, 2.75) is 26.3 Å². The summed E-state index contributed by atoms with van der Waals surface area (Å²) < 4.78 is 3.41. The summed E-state index contributed by atoms with van der Waals surface area (Å²) in [4.78, 5) is 4.23. The largest absolute Gasteiger partial charge is 0.257 e. The number of aromatic nitrogens is 5. The molecule has 0 aliphatic rings. The first-order chi connectivity index (χ1) is 7.56. The third kappa shape index (κ3) is 2.24. The first-order valence-electron chi connectivity index (χ1n) is 5.14. The van der Waals surface area contributed by atoms with Crippen LogP contribution in [-0.2, 0) is 13.6 Å². The zero-order valence-electron chi connectivity index (χ0n) is 9.55. The van der Waals surface area contributed by atoms with E-state index >= 15 is 0 Å². The molecule has 5 nitrogen and oxygen atoms in total. The molecule has 6 heteroatoms. The number of hydrogen-bond acceptors (Lipinski definition) is 3. The summed E-state index contributed by atoms with van der Waals surface area (Å²) in [5.41, 5.74) is 0.882. The molecule has 0 saturated carbocycles. The van der Waals surface area contributed by atoms with Crippen LogP contribution < -0.4 is 0 Å². The number of hydrogen-bond donors (Lipinski definition) is 0. The molecule has 0 aliphatic heterocycles. The zero-order valence-corrected chi connectivity index (χ0v) is 10.3. The van der Waals surface area contributed by atoms with E-state index in [1.807, 2.05) is 13.1 Å². The van der Waals surface area contributed by atoms with Crippen LogP contribution in [-0.4, -0.2) is 24.5 Å². The molecule has 0 fully saturated rings. The Balaban J connectivity index is 2.14. The predicted octanol–water partition coefficient (Wildman–Crippen LogP) is 1.84. The van der Waals surface area contributed by atoms with Gasteiger partial charge in [0, 0.05) is 19.0 Å². The summed E-state index contributed by atoms with van der Waals surface area (Å²) in [6, 6.07) is 1.83. The fourth-order valence-electron chi connectivity index (χ4n) is 1.39. The summed E-state index contributed by atoms with van der Waals surface area (Å²) in [6.07, 6.45) is 1.72. The van der Waals surface area contributed by atoms with Crippen molar-refractivity contribution >= 4 is 11.6 Å². The summed E-state index contributed by atoms with van der Waals surface area (Å²) in [5.74, 6) is 1.19. The highest BCUT2D eigenvalue weighted by molar-refractivity contribution is 6.29. The van der Waals surface area contributed by atoms with Gasteiger partial charge in [-0.25, -0.2) is 9.67 Å². The summed E-state index contributed by atoms with van der Waals surface area (Å²) in [7, 11) is 1.81. The van der Waals surface area contributed by atoms with Crippen LogP contribution in [0.5, 0.6) is 0 Å². The molecule has 0 atom stereocenters. The molecule has 2 heterocycles. The van der Waals surface area contributed by atoms with Crippen molar-refractivity contribution < 1.29 is 0 Å². The molecule has 0 bridgehead atoms. The van der Waals surface area contributed by atoms with Crippen LogP contribution in [0.25, 0.3) is 0 Å². The number of halogens is 1. The lowest BCUT2D eigenvalue weighted by atomic mass is 10.2. The van der Waals surface area contributed by atoms with Crippen LogP contribution in [0, 0.1) is 0 Å². The lowest BCUT2D eigenvalue weighted by Crippen LogP contribution is -2.03. The third-order valence-corrected chi connectivity index (χ3v) is 2.62. The van der Waals surface area contributed by atoms with Gasteiger partial charge in [0.05, 0.1) is 12.2 Å². The van der Waals surface area contributed by atoms with Crippen LogP contribution in [0.2, 0.25) is 5.15 Å². The van der Waals surface area contributed by atoms with Gasteiger partial charge in [-0.15, -0.1) is 0 Å². The third-order valence-electron chi connectivity index (χ3n) is 2.27. The van der Waals surface area contributed by atoms with Gasteiger partial charge >= 0.3 is 0 Å². The average Bonchev–Trinajstić information content (AvgIpc) is 2.76. The van der Waals surface area contributed by atoms with Crippen LogP contribution >= 0.6 is 11.6 Å². The highest BCUT2D eigenvalue weighted by Crippen LogP contribution is 2.11. The molecule has 2 rings (SSSR count). The second-order valence-electron chi connectivity index (χ2n) is 4.04. The Bertz CT molecular complexity index is 466. The standard InChI is InChI=1S/C10H14ClN5/c1-7(2)10-12-6-16(14-10)5-8-4-9(11)15(3)13-8/h4,6-7H,5H2,1-3H3. The van der Waals surface area contributed by atoms with E-state index in [2.05, 4.69) is 29.0 Å². The van der Waals surface area contributed by atoms with Gasteiger partial charge in [-0.05, 0) is 0 Å². The van der Waals surface area contributed by atoms with Crippen molar-refractivity contribution in [2.75, 3.05) is 0 Å². The van der Waals surface area contributed by atoms with E-state index in [0.29, 0.717) is 17.6 Å². The fraction of sp³-hybridized carbons (Fsp3) is 0.500. The maximum absolute atomic E-state index is 5.91. The molecular weight excluding hydrogens is 226 g/mol. The second-order valence-corrected chi connectivity index (χ2v) is 4.42. The highest BCUT2D eigenvalue weighted by Gasteiger charge is 2.07. The van der Waals surface area contributed by atoms with Crippen molar-refractivity contribution in [1.29, 1.82) is 0 Å². The highest BCUT2D eigenvalue weighted by atomic mass is 35.5. The first kappa shape index (κ1) is 11.1. The van der Waals surface area contributed by atoms with Crippen LogP contribution in [0.1, 0.15) is 31.3 Å². The zero-order chi connectivity index (χ0) is 11.7. The molecule has 0 saturated heterocycles. The van der Waals surface area contributed by atoms with E-state index < -0.39 is 0 Å². The molecular formula is C10H14ClN5. The first-order valence-corrected chi connectivity index (χ1v) is 5.52. The topological polar surface area (TPSA) is 48.5 Å². The molecule has 0 amide bonds. The molecule has 86 valence electrons. The molecule has 0 aromatic carbocycles. The van der Waals surface area contributed by atoms with Crippen molar-refractivity contribution in [3.63, 3.8) is 0 Å². The SMILES string of the molecule is CC(C)c1ncn(Cc2cc(Cl)n(C)n2)n1. The lowest BCUT2D eigenvalue weighted by molar-refractivity contribution is 0.632. The number of aryl methyl sites for hydroxylation is 1. The fourth-order valence-corrected chi connectivity index (χ4v) is 1.56. The van der Waals surface area contributed by atoms with E-state index in [1.165, 1.54) is 0 Å². The van der Waals surface area contributed by atoms with Crippen molar-refractivity contribution in [3.05, 3.63) is 29.1 Å². The molecule has 16 heavy (non-hydrogen) atoms. The van der Waals surface area contributed by atoms with Crippen molar-refractivity contribution in [1.82, 2.24) is 24.5 Å². The average molecular weight is 240 g/mol. The van der Waals surface area contributed by atoms with Gasteiger partial charge in [0.2, 0.25) is 0 Å². The van der Waals surface area contributed by atoms with E-state index in [1.54, 1.807) is 15.7 Å². The van der Waals surface area contributed by atoms with Gasteiger partial charge in [0.25, 0.3) is 0 Å². The smallest absolute Gasteiger partial charge is 0.153 e. The minimum atomic E-state index is 0.341. The summed E-state index contributed by atoms with van der Waals surface area (Å²) >= 11 is 5.91. The van der Waals surface area contributed by atoms with E-state index in [0.717, 1.165) is 11.5 Å². The monoisotopic (exact) mass is 239 g/mol. The van der Waals surface area contributed by atoms with Crippen LogP contribution in [0.3, 0.4) is 0 Å². The molecule has 0 spiro atoms. The van der Waals surface area contributed by atoms with Crippen molar-refractivity contribution in [3.8, 4) is 0 Å². The molecule has 0 N–H and O–H groups in total. The molecule has 0 unspecified atom stereocenters. The van der Waals surface area contributed by atoms with Gasteiger partial charge in [-0.1, -0.05) is 25.4 Å². The van der Waals surface area contributed by atoms with E-state index in [4.69, 9.17) is 11.6 Å². The van der Waals surface area contributed by atoms with Crippen LogP contribution in [0.4, 0.5) is 0 Å². The van der Waals surface area contributed by atoms with Gasteiger partial charge in [0.15, 0.2) is 5.82 Å². The Kier molecular flexibility index (Phi) is 2.96. The minimum Gasteiger partial charge on any atom is -0.257 e. The van der Waals surface area contributed by atoms with Gasteiger partial charge in [0.1, 0.15) is 11.5 Å². The summed E-state index contributed by atoms with van der Waals surface area (Å²) in [5, 5.41) is 9.24. The molecule has 2 aromatic heterocycles. The Hall–Kier alpha value is -1.36.